The minimum Gasteiger partial charge on any atom is -0.497 e. The summed E-state index contributed by atoms with van der Waals surface area (Å²) in [5.74, 6) is -0.285. The van der Waals surface area contributed by atoms with Crippen molar-refractivity contribution < 1.29 is 24.1 Å². The molecule has 4 rings (SSSR count). The van der Waals surface area contributed by atoms with Crippen LogP contribution in [-0.2, 0) is 33.1 Å². The Labute approximate surface area is 162 Å². The van der Waals surface area contributed by atoms with Crippen LogP contribution in [0.4, 0.5) is 0 Å². The monoisotopic (exact) mass is 388 g/mol. The maximum atomic E-state index is 12.2. The van der Waals surface area contributed by atoms with Crippen LogP contribution in [0.5, 0.6) is 5.75 Å². The molecule has 0 aromatic heterocycles. The summed E-state index contributed by atoms with van der Waals surface area (Å²) in [5.41, 5.74) is 3.79. The van der Waals surface area contributed by atoms with E-state index < -0.39 is 11.9 Å². The fourth-order valence-electron chi connectivity index (χ4n) is 3.79. The van der Waals surface area contributed by atoms with Crippen molar-refractivity contribution in [2.75, 3.05) is 13.7 Å². The van der Waals surface area contributed by atoms with E-state index in [9.17, 15) is 9.90 Å². The lowest BCUT2D eigenvalue weighted by Gasteiger charge is -2.37. The molecule has 2 aliphatic rings. The third-order valence-corrected chi connectivity index (χ3v) is 5.49. The van der Waals surface area contributed by atoms with Crippen LogP contribution in [0.2, 0.25) is 5.02 Å². The van der Waals surface area contributed by atoms with Gasteiger partial charge in [0.15, 0.2) is 0 Å². The molecule has 0 saturated carbocycles. The Morgan fingerprint density at radius 3 is 2.78 bits per heavy atom. The Kier molecular flexibility index (Phi) is 4.95. The molecule has 1 spiro atoms. The molecule has 0 radical (unpaired) electrons. The Morgan fingerprint density at radius 1 is 1.30 bits per heavy atom. The molecular weight excluding hydrogens is 368 g/mol. The Balaban J connectivity index is 1.67. The maximum Gasteiger partial charge on any atom is 0.202 e. The number of aliphatic hydroxyl groups is 1. The van der Waals surface area contributed by atoms with Crippen LogP contribution >= 0.6 is 11.6 Å². The molecule has 0 aliphatic carbocycles. The van der Waals surface area contributed by atoms with Gasteiger partial charge in [0.05, 0.1) is 32.8 Å². The molecule has 2 atom stereocenters. The zero-order valence-corrected chi connectivity index (χ0v) is 15.8. The number of hydrogen-bond donors (Lipinski definition) is 1. The second kappa shape index (κ2) is 7.24. The number of carbonyl (C=O) groups is 1. The van der Waals surface area contributed by atoms with E-state index in [4.69, 9.17) is 25.8 Å². The fourth-order valence-corrected chi connectivity index (χ4v) is 4.04. The molecular formula is C21H21ClO5. The first kappa shape index (κ1) is 18.4. The second-order valence-corrected chi connectivity index (χ2v) is 7.42. The average molecular weight is 389 g/mol. The van der Waals surface area contributed by atoms with E-state index in [-0.39, 0.29) is 25.2 Å². The third-order valence-electron chi connectivity index (χ3n) is 5.14. The number of ketones is 1. The SMILES string of the molecule is COc1ccc(Cc2cc3c(cc2Cl)COC32CC(=O)C[C@@H](CO)O2)cc1. The predicted octanol–water partition coefficient (Wildman–Crippen LogP) is 3.36. The van der Waals surface area contributed by atoms with Gasteiger partial charge in [0.25, 0.3) is 0 Å². The van der Waals surface area contributed by atoms with Crippen LogP contribution in [0, 0.1) is 0 Å². The molecule has 1 N–H and O–H groups in total. The van der Waals surface area contributed by atoms with E-state index in [1.54, 1.807) is 7.11 Å². The van der Waals surface area contributed by atoms with Crippen molar-refractivity contribution in [1.82, 2.24) is 0 Å². The standard InChI is InChI=1S/C21H21ClO5/c1-25-17-4-2-13(3-5-17)6-14-7-19-15(8-20(14)22)12-26-21(19)10-16(24)9-18(11-23)27-21/h2-5,7-8,18,23H,6,9-12H2,1H3/t18-,21?/m0/s1. The molecule has 2 aromatic carbocycles. The first-order valence-electron chi connectivity index (χ1n) is 8.92. The molecule has 0 bridgehead atoms. The summed E-state index contributed by atoms with van der Waals surface area (Å²) >= 11 is 6.50. The quantitative estimate of drug-likeness (QED) is 0.870. The summed E-state index contributed by atoms with van der Waals surface area (Å²) in [7, 11) is 1.64. The molecule has 0 amide bonds. The van der Waals surface area contributed by atoms with Gasteiger partial charge in [-0.3, -0.25) is 4.79 Å². The number of carbonyl (C=O) groups excluding carboxylic acids is 1. The van der Waals surface area contributed by atoms with E-state index in [0.717, 1.165) is 28.0 Å². The van der Waals surface area contributed by atoms with Gasteiger partial charge in [-0.15, -0.1) is 0 Å². The van der Waals surface area contributed by atoms with Crippen LogP contribution in [-0.4, -0.2) is 30.7 Å². The number of aliphatic hydroxyl groups excluding tert-OH is 1. The van der Waals surface area contributed by atoms with Crippen LogP contribution in [0.1, 0.15) is 35.1 Å². The number of hydrogen-bond acceptors (Lipinski definition) is 5. The van der Waals surface area contributed by atoms with E-state index in [2.05, 4.69) is 0 Å². The van der Waals surface area contributed by atoms with Gasteiger partial charge < -0.3 is 19.3 Å². The number of rotatable bonds is 4. The number of halogens is 1. The summed E-state index contributed by atoms with van der Waals surface area (Å²) in [6.45, 7) is 0.127. The molecule has 27 heavy (non-hydrogen) atoms. The lowest BCUT2D eigenvalue weighted by molar-refractivity contribution is -0.278. The Morgan fingerprint density at radius 2 is 2.07 bits per heavy atom. The summed E-state index contributed by atoms with van der Waals surface area (Å²) < 4.78 is 17.1. The van der Waals surface area contributed by atoms with Crippen LogP contribution in [0.3, 0.4) is 0 Å². The highest BCUT2D eigenvalue weighted by Crippen LogP contribution is 2.46. The minimum atomic E-state index is -1.11. The van der Waals surface area contributed by atoms with Crippen molar-refractivity contribution in [2.45, 2.75) is 37.8 Å². The lowest BCUT2D eigenvalue weighted by atomic mass is 9.90. The number of methoxy groups -OCH3 is 1. The first-order chi connectivity index (χ1) is 13.0. The van der Waals surface area contributed by atoms with E-state index in [1.807, 2.05) is 36.4 Å². The molecule has 2 heterocycles. The van der Waals surface area contributed by atoms with Crippen molar-refractivity contribution in [2.24, 2.45) is 0 Å². The summed E-state index contributed by atoms with van der Waals surface area (Å²) in [5, 5.41) is 10.1. The lowest BCUT2D eigenvalue weighted by Crippen LogP contribution is -2.43. The van der Waals surface area contributed by atoms with E-state index >= 15 is 0 Å². The van der Waals surface area contributed by atoms with Crippen LogP contribution < -0.4 is 4.74 Å². The van der Waals surface area contributed by atoms with Crippen molar-refractivity contribution in [3.05, 3.63) is 63.7 Å². The molecule has 2 aliphatic heterocycles. The first-order valence-corrected chi connectivity index (χ1v) is 9.30. The average Bonchev–Trinajstić information content (AvgIpc) is 2.98. The highest BCUT2D eigenvalue weighted by molar-refractivity contribution is 6.31. The van der Waals surface area contributed by atoms with Gasteiger partial charge in [-0.25, -0.2) is 0 Å². The van der Waals surface area contributed by atoms with Crippen molar-refractivity contribution in [3.8, 4) is 5.75 Å². The van der Waals surface area contributed by atoms with Gasteiger partial charge >= 0.3 is 0 Å². The minimum absolute atomic E-state index is 0.0276. The van der Waals surface area contributed by atoms with Gasteiger partial charge in [-0.05, 0) is 47.4 Å². The third kappa shape index (κ3) is 3.48. The van der Waals surface area contributed by atoms with Crippen LogP contribution in [0.25, 0.3) is 0 Å². The Hall–Kier alpha value is -1.92. The highest BCUT2D eigenvalue weighted by Gasteiger charge is 2.48. The normalized spacial score (nSPS) is 24.3. The van der Waals surface area contributed by atoms with Gasteiger partial charge in [-0.2, -0.15) is 0 Å². The summed E-state index contributed by atoms with van der Waals surface area (Å²) in [6, 6.07) is 11.7. The smallest absolute Gasteiger partial charge is 0.202 e. The van der Waals surface area contributed by atoms with Crippen molar-refractivity contribution >= 4 is 17.4 Å². The zero-order chi connectivity index (χ0) is 19.0. The van der Waals surface area contributed by atoms with Gasteiger partial charge in [0.1, 0.15) is 11.5 Å². The zero-order valence-electron chi connectivity index (χ0n) is 15.0. The largest absolute Gasteiger partial charge is 0.497 e. The second-order valence-electron chi connectivity index (χ2n) is 7.01. The van der Waals surface area contributed by atoms with Crippen molar-refractivity contribution in [1.29, 1.82) is 0 Å². The summed E-state index contributed by atoms with van der Waals surface area (Å²) in [4.78, 5) is 12.2. The number of fused-ring (bicyclic) bond motifs is 2. The van der Waals surface area contributed by atoms with Gasteiger partial charge in [0, 0.05) is 17.0 Å². The fraction of sp³-hybridized carbons (Fsp3) is 0.381. The molecule has 5 nitrogen and oxygen atoms in total. The number of ether oxygens (including phenoxy) is 3. The van der Waals surface area contributed by atoms with E-state index in [0.29, 0.717) is 18.1 Å². The maximum absolute atomic E-state index is 12.2. The van der Waals surface area contributed by atoms with Gasteiger partial charge in [0.2, 0.25) is 5.79 Å². The summed E-state index contributed by atoms with van der Waals surface area (Å²) in [6.07, 6.45) is 0.463. The molecule has 1 saturated heterocycles. The molecule has 1 fully saturated rings. The van der Waals surface area contributed by atoms with Crippen molar-refractivity contribution in [3.63, 3.8) is 0 Å². The molecule has 2 aromatic rings. The van der Waals surface area contributed by atoms with Crippen LogP contribution in [0.15, 0.2) is 36.4 Å². The highest BCUT2D eigenvalue weighted by atomic mass is 35.5. The molecule has 1 unspecified atom stereocenters. The predicted molar refractivity (Wildman–Crippen MR) is 99.9 cm³/mol. The number of benzene rings is 2. The number of Topliss-reactive ketones (excluding diaryl/α,β-unsaturated/α-hetero) is 1. The molecule has 142 valence electrons. The van der Waals surface area contributed by atoms with E-state index in [1.165, 1.54) is 0 Å². The Bertz CT molecular complexity index is 864. The topological polar surface area (TPSA) is 65.0 Å². The van der Waals surface area contributed by atoms with Gasteiger partial charge in [-0.1, -0.05) is 23.7 Å². The molecule has 6 heteroatoms.